The van der Waals surface area contributed by atoms with Gasteiger partial charge in [0.05, 0.1) is 23.3 Å². The van der Waals surface area contributed by atoms with E-state index >= 15 is 0 Å². The lowest BCUT2D eigenvalue weighted by Gasteiger charge is -2.10. The number of unbranched alkanes of at least 4 members (excludes halogenated alkanes) is 1. The van der Waals surface area contributed by atoms with Crippen LogP contribution in [0.4, 0.5) is 0 Å². The van der Waals surface area contributed by atoms with E-state index in [9.17, 15) is 0 Å². The maximum atomic E-state index is 6.01. The summed E-state index contributed by atoms with van der Waals surface area (Å²) in [6.45, 7) is 3.11. The summed E-state index contributed by atoms with van der Waals surface area (Å²) in [6, 6.07) is 3.24. The summed E-state index contributed by atoms with van der Waals surface area (Å²) in [7, 11) is 1.69. The average Bonchev–Trinajstić information content (AvgIpc) is 2.35. The van der Waals surface area contributed by atoms with Crippen molar-refractivity contribution in [3.8, 4) is 5.75 Å². The van der Waals surface area contributed by atoms with E-state index in [0.29, 0.717) is 27.4 Å². The molecule has 0 saturated heterocycles. The van der Waals surface area contributed by atoms with Crippen molar-refractivity contribution in [1.29, 1.82) is 0 Å². The molecule has 0 bridgehead atoms. The van der Waals surface area contributed by atoms with Crippen LogP contribution in [0.3, 0.4) is 0 Å². The van der Waals surface area contributed by atoms with Gasteiger partial charge in [0, 0.05) is 18.7 Å². The Kier molecular flexibility index (Phi) is 8.58. The molecule has 0 saturated carbocycles. The average molecular weight is 327 g/mol. The van der Waals surface area contributed by atoms with Gasteiger partial charge in [-0.05, 0) is 31.5 Å². The number of ether oxygens (including phenoxy) is 2. The lowest BCUT2D eigenvalue weighted by atomic mass is 10.3. The second-order valence-electron chi connectivity index (χ2n) is 4.00. The molecule has 0 heterocycles. The summed E-state index contributed by atoms with van der Waals surface area (Å²) in [5.41, 5.74) is 0. The second-order valence-corrected chi connectivity index (χ2v) is 5.25. The minimum atomic E-state index is 0.440. The van der Waals surface area contributed by atoms with E-state index in [-0.39, 0.29) is 0 Å². The molecule has 0 spiro atoms. The van der Waals surface area contributed by atoms with Crippen LogP contribution in [0.5, 0.6) is 5.75 Å². The van der Waals surface area contributed by atoms with Gasteiger partial charge in [-0.25, -0.2) is 0 Å². The van der Waals surface area contributed by atoms with Crippen LogP contribution in [-0.2, 0) is 4.74 Å². The molecule has 0 aromatic heterocycles. The highest BCUT2D eigenvalue weighted by molar-refractivity contribution is 6.40. The molecule has 0 amide bonds. The third-order valence-electron chi connectivity index (χ3n) is 2.44. The molecule has 1 aromatic carbocycles. The number of hydrogen-bond acceptors (Lipinski definition) is 3. The molecule has 6 heteroatoms. The van der Waals surface area contributed by atoms with Gasteiger partial charge < -0.3 is 14.8 Å². The van der Waals surface area contributed by atoms with Crippen molar-refractivity contribution in [3.63, 3.8) is 0 Å². The molecular formula is C13H18Cl3NO2. The van der Waals surface area contributed by atoms with Crippen molar-refractivity contribution < 1.29 is 9.47 Å². The Balaban J connectivity index is 2.19. The Bertz CT molecular complexity index is 365. The first kappa shape index (κ1) is 16.9. The van der Waals surface area contributed by atoms with Crippen LogP contribution < -0.4 is 10.1 Å². The molecule has 0 unspecified atom stereocenters. The van der Waals surface area contributed by atoms with Crippen LogP contribution in [0.25, 0.3) is 0 Å². The van der Waals surface area contributed by atoms with Crippen LogP contribution in [0.2, 0.25) is 15.1 Å². The van der Waals surface area contributed by atoms with Gasteiger partial charge in [0.1, 0.15) is 0 Å². The van der Waals surface area contributed by atoms with E-state index < -0.39 is 0 Å². The Morgan fingerprint density at radius 3 is 2.32 bits per heavy atom. The van der Waals surface area contributed by atoms with Crippen molar-refractivity contribution in [1.82, 2.24) is 5.32 Å². The number of halogens is 3. The summed E-state index contributed by atoms with van der Waals surface area (Å²) in [6.07, 6.45) is 1.95. The number of rotatable bonds is 9. The van der Waals surface area contributed by atoms with Crippen molar-refractivity contribution in [2.45, 2.75) is 12.8 Å². The first-order valence-electron chi connectivity index (χ1n) is 6.12. The van der Waals surface area contributed by atoms with Crippen LogP contribution in [0.1, 0.15) is 12.8 Å². The Hall–Kier alpha value is -0.190. The van der Waals surface area contributed by atoms with Crippen LogP contribution in [0, 0.1) is 0 Å². The normalized spacial score (nSPS) is 10.7. The third-order valence-corrected chi connectivity index (χ3v) is 3.22. The zero-order valence-electron chi connectivity index (χ0n) is 10.8. The van der Waals surface area contributed by atoms with Crippen molar-refractivity contribution in [2.24, 2.45) is 0 Å². The summed E-state index contributed by atoms with van der Waals surface area (Å²) in [4.78, 5) is 0. The number of nitrogens with one attached hydrogen (secondary N) is 1. The van der Waals surface area contributed by atoms with Crippen molar-refractivity contribution in [2.75, 3.05) is 33.4 Å². The maximum absolute atomic E-state index is 6.01. The van der Waals surface area contributed by atoms with Crippen LogP contribution >= 0.6 is 34.8 Å². The van der Waals surface area contributed by atoms with E-state index in [1.807, 2.05) is 0 Å². The number of benzene rings is 1. The van der Waals surface area contributed by atoms with Gasteiger partial charge in [-0.2, -0.15) is 0 Å². The van der Waals surface area contributed by atoms with E-state index in [0.717, 1.165) is 32.5 Å². The van der Waals surface area contributed by atoms with E-state index in [2.05, 4.69) is 5.32 Å². The highest BCUT2D eigenvalue weighted by Crippen LogP contribution is 2.35. The fourth-order valence-corrected chi connectivity index (χ4v) is 2.42. The fourth-order valence-electron chi connectivity index (χ4n) is 1.49. The lowest BCUT2D eigenvalue weighted by molar-refractivity contribution is 0.199. The third kappa shape index (κ3) is 6.68. The fraction of sp³-hybridized carbons (Fsp3) is 0.538. The summed E-state index contributed by atoms with van der Waals surface area (Å²) < 4.78 is 10.5. The first-order chi connectivity index (χ1) is 9.15. The molecule has 1 rings (SSSR count). The van der Waals surface area contributed by atoms with Crippen molar-refractivity contribution >= 4 is 34.8 Å². The molecular weight excluding hydrogens is 309 g/mol. The molecule has 0 aliphatic rings. The van der Waals surface area contributed by atoms with Gasteiger partial charge in [-0.15, -0.1) is 0 Å². The molecule has 3 nitrogen and oxygen atoms in total. The zero-order valence-corrected chi connectivity index (χ0v) is 13.1. The second kappa shape index (κ2) is 9.67. The number of methoxy groups -OCH3 is 1. The van der Waals surface area contributed by atoms with Gasteiger partial charge in [-0.1, -0.05) is 34.8 Å². The number of hydrogen-bond donors (Lipinski definition) is 1. The zero-order chi connectivity index (χ0) is 14.1. The van der Waals surface area contributed by atoms with Crippen LogP contribution in [-0.4, -0.2) is 33.4 Å². The molecule has 0 radical (unpaired) electrons. The van der Waals surface area contributed by atoms with E-state index in [1.165, 1.54) is 0 Å². The first-order valence-corrected chi connectivity index (χ1v) is 7.25. The molecule has 19 heavy (non-hydrogen) atoms. The molecule has 0 aliphatic heterocycles. The maximum Gasteiger partial charge on any atom is 0.156 e. The topological polar surface area (TPSA) is 30.5 Å². The van der Waals surface area contributed by atoms with Gasteiger partial charge >= 0.3 is 0 Å². The summed E-state index contributed by atoms with van der Waals surface area (Å²) in [5.74, 6) is 0.500. The Labute approximate surface area is 129 Å². The van der Waals surface area contributed by atoms with Gasteiger partial charge in [0.15, 0.2) is 5.75 Å². The lowest BCUT2D eigenvalue weighted by Crippen LogP contribution is -2.20. The highest BCUT2D eigenvalue weighted by atomic mass is 35.5. The van der Waals surface area contributed by atoms with Gasteiger partial charge in [-0.3, -0.25) is 0 Å². The molecule has 108 valence electrons. The predicted molar refractivity (Wildman–Crippen MR) is 80.9 cm³/mol. The standard InChI is InChI=1S/C13H18Cl3NO2/c1-18-7-5-17-4-2-3-6-19-13-11(15)8-10(14)9-12(13)16/h8-9,17H,2-7H2,1H3. The molecule has 0 fully saturated rings. The predicted octanol–water partition coefficient (Wildman–Crippen LogP) is 4.04. The molecule has 1 N–H and O–H groups in total. The smallest absolute Gasteiger partial charge is 0.156 e. The highest BCUT2D eigenvalue weighted by Gasteiger charge is 2.08. The minimum absolute atomic E-state index is 0.440. The largest absolute Gasteiger partial charge is 0.490 e. The van der Waals surface area contributed by atoms with E-state index in [4.69, 9.17) is 44.3 Å². The van der Waals surface area contributed by atoms with Gasteiger partial charge in [0.25, 0.3) is 0 Å². The SMILES string of the molecule is COCCNCCCCOc1c(Cl)cc(Cl)cc1Cl. The Morgan fingerprint density at radius 2 is 1.68 bits per heavy atom. The summed E-state index contributed by atoms with van der Waals surface area (Å²) in [5, 5.41) is 4.65. The van der Waals surface area contributed by atoms with E-state index in [1.54, 1.807) is 19.2 Å². The minimum Gasteiger partial charge on any atom is -0.490 e. The molecule has 0 atom stereocenters. The molecule has 0 aliphatic carbocycles. The molecule has 1 aromatic rings. The van der Waals surface area contributed by atoms with Gasteiger partial charge in [0.2, 0.25) is 0 Å². The monoisotopic (exact) mass is 325 g/mol. The Morgan fingerprint density at radius 1 is 1.00 bits per heavy atom. The van der Waals surface area contributed by atoms with Crippen molar-refractivity contribution in [3.05, 3.63) is 27.2 Å². The summed E-state index contributed by atoms with van der Waals surface area (Å²) >= 11 is 17.8. The quantitative estimate of drug-likeness (QED) is 0.695. The van der Waals surface area contributed by atoms with Crippen LogP contribution in [0.15, 0.2) is 12.1 Å².